The molecule has 0 saturated carbocycles. The number of sulfonamides is 1. The number of benzene rings is 1. The van der Waals surface area contributed by atoms with Gasteiger partial charge in [-0.25, -0.2) is 13.6 Å². The SMILES string of the molecule is NS(=O)(=O)CCNC(=O)c1c[nH]c2ccccc12. The fourth-order valence-electron chi connectivity index (χ4n) is 1.66. The lowest BCUT2D eigenvalue weighted by Crippen LogP contribution is -2.31. The van der Waals surface area contributed by atoms with Crippen molar-refractivity contribution in [3.63, 3.8) is 0 Å². The lowest BCUT2D eigenvalue weighted by atomic mass is 10.1. The predicted molar refractivity (Wildman–Crippen MR) is 68.6 cm³/mol. The molecule has 0 aliphatic rings. The van der Waals surface area contributed by atoms with Crippen LogP contribution in [0.3, 0.4) is 0 Å². The number of fused-ring (bicyclic) bond motifs is 1. The highest BCUT2D eigenvalue weighted by molar-refractivity contribution is 7.89. The zero-order chi connectivity index (χ0) is 13.2. The van der Waals surface area contributed by atoms with E-state index < -0.39 is 10.0 Å². The summed E-state index contributed by atoms with van der Waals surface area (Å²) >= 11 is 0. The molecule has 0 unspecified atom stereocenters. The standard InChI is InChI=1S/C11H13N3O3S/c12-18(16,17)6-5-13-11(15)9-7-14-10-4-2-1-3-8(9)10/h1-4,7,14H,5-6H2,(H,13,15)(H2,12,16,17). The van der Waals surface area contributed by atoms with Crippen molar-refractivity contribution in [2.45, 2.75) is 0 Å². The summed E-state index contributed by atoms with van der Waals surface area (Å²) < 4.78 is 21.5. The number of primary sulfonamides is 1. The van der Waals surface area contributed by atoms with Gasteiger partial charge in [-0.1, -0.05) is 18.2 Å². The van der Waals surface area contributed by atoms with Crippen LogP contribution >= 0.6 is 0 Å². The second-order valence-corrected chi connectivity index (χ2v) is 5.60. The summed E-state index contributed by atoms with van der Waals surface area (Å²) in [6.45, 7) is -0.00280. The molecule has 4 N–H and O–H groups in total. The zero-order valence-electron chi connectivity index (χ0n) is 9.51. The van der Waals surface area contributed by atoms with E-state index in [0.717, 1.165) is 10.9 Å². The van der Waals surface area contributed by atoms with Crippen LogP contribution in [-0.4, -0.2) is 31.6 Å². The molecule has 0 aliphatic carbocycles. The predicted octanol–water partition coefficient (Wildman–Crippen LogP) is 0.186. The van der Waals surface area contributed by atoms with E-state index in [4.69, 9.17) is 5.14 Å². The number of carbonyl (C=O) groups is 1. The summed E-state index contributed by atoms with van der Waals surface area (Å²) in [6.07, 6.45) is 1.59. The molecule has 7 heteroatoms. The summed E-state index contributed by atoms with van der Waals surface area (Å²) in [6, 6.07) is 7.37. The molecule has 0 fully saturated rings. The Morgan fingerprint density at radius 2 is 2.06 bits per heavy atom. The number of nitrogens with two attached hydrogens (primary N) is 1. The molecule has 1 amide bonds. The van der Waals surface area contributed by atoms with Crippen LogP contribution in [-0.2, 0) is 10.0 Å². The Morgan fingerprint density at radius 1 is 1.33 bits per heavy atom. The number of H-pyrrole nitrogens is 1. The fourth-order valence-corrected chi connectivity index (χ4v) is 2.05. The van der Waals surface area contributed by atoms with Crippen LogP contribution < -0.4 is 10.5 Å². The van der Waals surface area contributed by atoms with Gasteiger partial charge in [0.1, 0.15) is 0 Å². The van der Waals surface area contributed by atoms with E-state index in [1.54, 1.807) is 6.20 Å². The lowest BCUT2D eigenvalue weighted by molar-refractivity contribution is 0.0958. The number of nitrogens with one attached hydrogen (secondary N) is 2. The van der Waals surface area contributed by atoms with Gasteiger partial charge in [0.05, 0.1) is 11.3 Å². The third kappa shape index (κ3) is 2.88. The van der Waals surface area contributed by atoms with E-state index in [9.17, 15) is 13.2 Å². The molecule has 6 nitrogen and oxygen atoms in total. The minimum atomic E-state index is -3.55. The molecule has 0 aliphatic heterocycles. The highest BCUT2D eigenvalue weighted by atomic mass is 32.2. The molecule has 1 aromatic heterocycles. The molecule has 0 bridgehead atoms. The molecule has 1 heterocycles. The van der Waals surface area contributed by atoms with Gasteiger partial charge >= 0.3 is 0 Å². The van der Waals surface area contributed by atoms with Gasteiger partial charge in [0, 0.05) is 23.6 Å². The topological polar surface area (TPSA) is 105 Å². The molecule has 18 heavy (non-hydrogen) atoms. The van der Waals surface area contributed by atoms with Crippen molar-refractivity contribution in [1.82, 2.24) is 10.3 Å². The Kier molecular flexibility index (Phi) is 3.35. The first-order valence-corrected chi connectivity index (χ1v) is 7.04. The molecule has 0 saturated heterocycles. The molecular weight excluding hydrogens is 254 g/mol. The van der Waals surface area contributed by atoms with E-state index in [2.05, 4.69) is 10.3 Å². The van der Waals surface area contributed by atoms with Crippen LogP contribution in [0.25, 0.3) is 10.9 Å². The average Bonchev–Trinajstić information content (AvgIpc) is 2.70. The van der Waals surface area contributed by atoms with Gasteiger partial charge in [0.15, 0.2) is 0 Å². The maximum absolute atomic E-state index is 11.8. The van der Waals surface area contributed by atoms with Crippen LogP contribution in [0.15, 0.2) is 30.5 Å². The Morgan fingerprint density at radius 3 is 2.78 bits per heavy atom. The highest BCUT2D eigenvalue weighted by Crippen LogP contribution is 2.17. The summed E-state index contributed by atoms with van der Waals surface area (Å²) in [5, 5.41) is 8.16. The number of aromatic nitrogens is 1. The van der Waals surface area contributed by atoms with Crippen LogP contribution in [0.1, 0.15) is 10.4 Å². The number of hydrogen-bond donors (Lipinski definition) is 3. The maximum Gasteiger partial charge on any atom is 0.253 e. The van der Waals surface area contributed by atoms with Crippen LogP contribution in [0.4, 0.5) is 0 Å². The first-order chi connectivity index (χ1) is 8.47. The Labute approximate surface area is 104 Å². The highest BCUT2D eigenvalue weighted by Gasteiger charge is 2.11. The van der Waals surface area contributed by atoms with Crippen molar-refractivity contribution in [2.75, 3.05) is 12.3 Å². The van der Waals surface area contributed by atoms with Crippen LogP contribution in [0.2, 0.25) is 0 Å². The molecule has 0 atom stereocenters. The summed E-state index contributed by atoms with van der Waals surface area (Å²) in [4.78, 5) is 14.8. The van der Waals surface area contributed by atoms with Crippen molar-refractivity contribution >= 4 is 26.8 Å². The first-order valence-electron chi connectivity index (χ1n) is 5.32. The zero-order valence-corrected chi connectivity index (χ0v) is 10.3. The molecule has 1 aromatic carbocycles. The minimum Gasteiger partial charge on any atom is -0.360 e. The minimum absolute atomic E-state index is 0.00280. The first kappa shape index (κ1) is 12.6. The van der Waals surface area contributed by atoms with E-state index >= 15 is 0 Å². The monoisotopic (exact) mass is 267 g/mol. The van der Waals surface area contributed by atoms with E-state index in [-0.39, 0.29) is 18.2 Å². The van der Waals surface area contributed by atoms with Gasteiger partial charge < -0.3 is 10.3 Å². The molecule has 0 radical (unpaired) electrons. The summed E-state index contributed by atoms with van der Waals surface area (Å²) in [7, 11) is -3.55. The third-order valence-electron chi connectivity index (χ3n) is 2.51. The quantitative estimate of drug-likeness (QED) is 0.736. The largest absolute Gasteiger partial charge is 0.360 e. The van der Waals surface area contributed by atoms with Crippen LogP contribution in [0.5, 0.6) is 0 Å². The van der Waals surface area contributed by atoms with Gasteiger partial charge in [0.25, 0.3) is 5.91 Å². The van der Waals surface area contributed by atoms with Crippen molar-refractivity contribution in [3.05, 3.63) is 36.0 Å². The van der Waals surface area contributed by atoms with E-state index in [1.165, 1.54) is 0 Å². The van der Waals surface area contributed by atoms with Gasteiger partial charge in [-0.05, 0) is 6.07 Å². The Balaban J connectivity index is 2.10. The molecule has 2 rings (SSSR count). The van der Waals surface area contributed by atoms with E-state index in [0.29, 0.717) is 5.56 Å². The summed E-state index contributed by atoms with van der Waals surface area (Å²) in [5.41, 5.74) is 1.34. The number of hydrogen-bond acceptors (Lipinski definition) is 3. The Hall–Kier alpha value is -1.86. The molecular formula is C11H13N3O3S. The third-order valence-corrected chi connectivity index (χ3v) is 3.28. The number of aromatic amines is 1. The normalized spacial score (nSPS) is 11.6. The molecule has 2 aromatic rings. The second kappa shape index (κ2) is 4.79. The van der Waals surface area contributed by atoms with Gasteiger partial charge in [-0.15, -0.1) is 0 Å². The van der Waals surface area contributed by atoms with E-state index in [1.807, 2.05) is 24.3 Å². The fraction of sp³-hybridized carbons (Fsp3) is 0.182. The number of rotatable bonds is 4. The van der Waals surface area contributed by atoms with Gasteiger partial charge in [-0.3, -0.25) is 4.79 Å². The summed E-state index contributed by atoms with van der Waals surface area (Å²) in [5.74, 6) is -0.600. The molecule has 96 valence electrons. The lowest BCUT2D eigenvalue weighted by Gasteiger charge is -2.02. The number of amides is 1. The average molecular weight is 267 g/mol. The maximum atomic E-state index is 11.8. The second-order valence-electron chi connectivity index (χ2n) is 3.87. The van der Waals surface area contributed by atoms with Crippen molar-refractivity contribution in [3.8, 4) is 0 Å². The Bertz CT molecular complexity index is 676. The number of para-hydroxylation sites is 1. The van der Waals surface area contributed by atoms with Gasteiger partial charge in [0.2, 0.25) is 10.0 Å². The molecule has 0 spiro atoms. The van der Waals surface area contributed by atoms with Crippen molar-refractivity contribution in [2.24, 2.45) is 5.14 Å². The number of carbonyl (C=O) groups excluding carboxylic acids is 1. The van der Waals surface area contributed by atoms with Gasteiger partial charge in [-0.2, -0.15) is 0 Å². The van der Waals surface area contributed by atoms with Crippen molar-refractivity contribution in [1.29, 1.82) is 0 Å². The van der Waals surface area contributed by atoms with Crippen LogP contribution in [0, 0.1) is 0 Å². The van der Waals surface area contributed by atoms with Crippen molar-refractivity contribution < 1.29 is 13.2 Å². The smallest absolute Gasteiger partial charge is 0.253 e.